The Bertz CT molecular complexity index is 575. The van der Waals surface area contributed by atoms with Crippen LogP contribution in [0.25, 0.3) is 0 Å². The third-order valence-electron chi connectivity index (χ3n) is 4.09. The van der Waals surface area contributed by atoms with E-state index in [0.717, 1.165) is 12.2 Å². The molecule has 0 amide bonds. The second-order valence-corrected chi connectivity index (χ2v) is 6.78. The van der Waals surface area contributed by atoms with E-state index in [4.69, 9.17) is 0 Å². The predicted octanol–water partition coefficient (Wildman–Crippen LogP) is 2.94. The van der Waals surface area contributed by atoms with Crippen molar-refractivity contribution in [1.29, 1.82) is 0 Å². The van der Waals surface area contributed by atoms with Gasteiger partial charge in [-0.1, -0.05) is 0 Å². The van der Waals surface area contributed by atoms with Crippen molar-refractivity contribution < 1.29 is 5.11 Å². The van der Waals surface area contributed by atoms with Gasteiger partial charge in [0.1, 0.15) is 12.2 Å². The molecule has 1 aliphatic rings. The SMILES string of the molecule is CC(C)n1ncnc1CC(O)C1CCCc2sccc21. The molecule has 0 aliphatic heterocycles. The molecule has 0 bridgehead atoms. The Morgan fingerprint density at radius 1 is 1.50 bits per heavy atom. The van der Waals surface area contributed by atoms with Gasteiger partial charge in [0.2, 0.25) is 0 Å². The van der Waals surface area contributed by atoms with E-state index in [1.165, 1.54) is 23.3 Å². The van der Waals surface area contributed by atoms with Gasteiger partial charge in [-0.3, -0.25) is 0 Å². The molecule has 2 atom stereocenters. The number of aryl methyl sites for hydroxylation is 1. The lowest BCUT2D eigenvalue weighted by atomic mass is 9.82. The van der Waals surface area contributed by atoms with Crippen LogP contribution in [0.15, 0.2) is 17.8 Å². The minimum Gasteiger partial charge on any atom is -0.392 e. The number of thiophene rings is 1. The van der Waals surface area contributed by atoms with Crippen LogP contribution in [0.2, 0.25) is 0 Å². The molecule has 0 saturated heterocycles. The van der Waals surface area contributed by atoms with Crippen LogP contribution in [0.1, 0.15) is 54.9 Å². The third-order valence-corrected chi connectivity index (χ3v) is 5.09. The van der Waals surface area contributed by atoms with Gasteiger partial charge in [0, 0.05) is 23.3 Å². The fourth-order valence-electron chi connectivity index (χ4n) is 3.10. The van der Waals surface area contributed by atoms with Crippen molar-refractivity contribution in [2.75, 3.05) is 0 Å². The van der Waals surface area contributed by atoms with E-state index >= 15 is 0 Å². The van der Waals surface area contributed by atoms with Gasteiger partial charge in [-0.25, -0.2) is 9.67 Å². The standard InChI is InChI=1S/C15H21N3OS/c1-10(2)18-15(16-9-17-18)8-13(19)11-4-3-5-14-12(11)6-7-20-14/h6-7,9-11,13,19H,3-5,8H2,1-2H3. The molecule has 20 heavy (non-hydrogen) atoms. The summed E-state index contributed by atoms with van der Waals surface area (Å²) < 4.78 is 1.90. The average molecular weight is 291 g/mol. The number of nitrogens with zero attached hydrogens (tertiary/aromatic N) is 3. The minimum absolute atomic E-state index is 0.252. The van der Waals surface area contributed by atoms with E-state index in [0.29, 0.717) is 6.42 Å². The summed E-state index contributed by atoms with van der Waals surface area (Å²) in [6.45, 7) is 4.17. The first-order valence-electron chi connectivity index (χ1n) is 7.29. The molecule has 0 saturated carbocycles. The number of rotatable bonds is 4. The monoisotopic (exact) mass is 291 g/mol. The average Bonchev–Trinajstić information content (AvgIpc) is 3.05. The van der Waals surface area contributed by atoms with Crippen LogP contribution in [0, 0.1) is 0 Å². The summed E-state index contributed by atoms with van der Waals surface area (Å²) in [4.78, 5) is 5.76. The van der Waals surface area contributed by atoms with E-state index in [1.807, 2.05) is 16.0 Å². The van der Waals surface area contributed by atoms with E-state index in [9.17, 15) is 5.11 Å². The van der Waals surface area contributed by atoms with Crippen molar-refractivity contribution in [3.63, 3.8) is 0 Å². The smallest absolute Gasteiger partial charge is 0.138 e. The van der Waals surface area contributed by atoms with Crippen molar-refractivity contribution in [3.05, 3.63) is 34.0 Å². The summed E-state index contributed by atoms with van der Waals surface area (Å²) in [6.07, 6.45) is 5.20. The van der Waals surface area contributed by atoms with E-state index < -0.39 is 0 Å². The third kappa shape index (κ3) is 2.52. The van der Waals surface area contributed by atoms with Gasteiger partial charge < -0.3 is 5.11 Å². The second kappa shape index (κ2) is 5.66. The lowest BCUT2D eigenvalue weighted by Gasteiger charge is -2.27. The highest BCUT2D eigenvalue weighted by Gasteiger charge is 2.28. The first-order valence-corrected chi connectivity index (χ1v) is 8.17. The Morgan fingerprint density at radius 2 is 2.35 bits per heavy atom. The largest absolute Gasteiger partial charge is 0.392 e. The van der Waals surface area contributed by atoms with E-state index in [-0.39, 0.29) is 18.1 Å². The van der Waals surface area contributed by atoms with Crippen LogP contribution in [0.3, 0.4) is 0 Å². The zero-order valence-corrected chi connectivity index (χ0v) is 12.8. The number of fused-ring (bicyclic) bond motifs is 1. The van der Waals surface area contributed by atoms with Crippen molar-refractivity contribution in [3.8, 4) is 0 Å². The molecule has 3 rings (SSSR count). The quantitative estimate of drug-likeness (QED) is 0.942. The Balaban J connectivity index is 1.78. The molecule has 108 valence electrons. The highest BCUT2D eigenvalue weighted by molar-refractivity contribution is 7.10. The molecule has 0 fully saturated rings. The Labute approximate surface area is 123 Å². The summed E-state index contributed by atoms with van der Waals surface area (Å²) in [6, 6.07) is 2.46. The first kappa shape index (κ1) is 13.8. The van der Waals surface area contributed by atoms with Crippen LogP contribution >= 0.6 is 11.3 Å². The number of hydrogen-bond donors (Lipinski definition) is 1. The summed E-state index contributed by atoms with van der Waals surface area (Å²) in [7, 11) is 0. The van der Waals surface area contributed by atoms with Gasteiger partial charge in [0.25, 0.3) is 0 Å². The van der Waals surface area contributed by atoms with E-state index in [1.54, 1.807) is 6.33 Å². The van der Waals surface area contributed by atoms with Gasteiger partial charge in [-0.05, 0) is 50.1 Å². The highest BCUT2D eigenvalue weighted by atomic mass is 32.1. The van der Waals surface area contributed by atoms with E-state index in [2.05, 4.69) is 35.4 Å². The highest BCUT2D eigenvalue weighted by Crippen LogP contribution is 2.37. The first-order chi connectivity index (χ1) is 9.66. The number of aliphatic hydroxyl groups excluding tert-OH is 1. The molecule has 2 unspecified atom stereocenters. The second-order valence-electron chi connectivity index (χ2n) is 5.78. The summed E-state index contributed by atoms with van der Waals surface area (Å²) in [5.74, 6) is 1.14. The molecule has 1 N–H and O–H groups in total. The molecule has 2 heterocycles. The van der Waals surface area contributed by atoms with Crippen molar-refractivity contribution in [2.24, 2.45) is 0 Å². The van der Waals surface area contributed by atoms with Crippen molar-refractivity contribution >= 4 is 11.3 Å². The zero-order chi connectivity index (χ0) is 14.1. The Kier molecular flexibility index (Phi) is 3.89. The lowest BCUT2D eigenvalue weighted by Crippen LogP contribution is -2.26. The molecule has 2 aromatic rings. The number of hydrogen-bond acceptors (Lipinski definition) is 4. The molecule has 2 aromatic heterocycles. The summed E-state index contributed by atoms with van der Waals surface area (Å²) >= 11 is 1.82. The van der Waals surface area contributed by atoms with Crippen LogP contribution < -0.4 is 0 Å². The topological polar surface area (TPSA) is 50.9 Å². The van der Waals surface area contributed by atoms with Gasteiger partial charge in [0.15, 0.2) is 0 Å². The van der Waals surface area contributed by atoms with Crippen LogP contribution in [-0.4, -0.2) is 26.0 Å². The normalized spacial score (nSPS) is 20.1. The molecule has 0 spiro atoms. The Morgan fingerprint density at radius 3 is 3.15 bits per heavy atom. The van der Waals surface area contributed by atoms with Crippen LogP contribution in [0.4, 0.5) is 0 Å². The van der Waals surface area contributed by atoms with Gasteiger partial charge in [-0.2, -0.15) is 5.10 Å². The molecule has 4 nitrogen and oxygen atoms in total. The molecule has 5 heteroatoms. The molecular formula is C15H21N3OS. The summed E-state index contributed by atoms with van der Waals surface area (Å²) in [5.41, 5.74) is 1.35. The zero-order valence-electron chi connectivity index (χ0n) is 12.0. The summed E-state index contributed by atoms with van der Waals surface area (Å²) in [5, 5.41) is 17.0. The Hall–Kier alpha value is -1.20. The maximum atomic E-state index is 10.6. The van der Waals surface area contributed by atoms with Gasteiger partial charge in [0.05, 0.1) is 6.10 Å². The number of aliphatic hydroxyl groups is 1. The number of aromatic nitrogens is 3. The van der Waals surface area contributed by atoms with Crippen LogP contribution in [0.5, 0.6) is 0 Å². The van der Waals surface area contributed by atoms with Gasteiger partial charge in [-0.15, -0.1) is 11.3 Å². The molecule has 0 radical (unpaired) electrons. The fourth-order valence-corrected chi connectivity index (χ4v) is 4.10. The van der Waals surface area contributed by atoms with Crippen molar-refractivity contribution in [1.82, 2.24) is 14.8 Å². The minimum atomic E-state index is -0.370. The van der Waals surface area contributed by atoms with Crippen molar-refractivity contribution in [2.45, 2.75) is 57.6 Å². The molecular weight excluding hydrogens is 270 g/mol. The molecule has 1 aliphatic carbocycles. The predicted molar refractivity (Wildman–Crippen MR) is 80.1 cm³/mol. The van der Waals surface area contributed by atoms with Crippen LogP contribution in [-0.2, 0) is 12.8 Å². The maximum absolute atomic E-state index is 10.6. The molecule has 0 aromatic carbocycles. The lowest BCUT2D eigenvalue weighted by molar-refractivity contribution is 0.131. The van der Waals surface area contributed by atoms with Gasteiger partial charge >= 0.3 is 0 Å². The maximum Gasteiger partial charge on any atom is 0.138 e. The fraction of sp³-hybridized carbons (Fsp3) is 0.600.